The predicted octanol–water partition coefficient (Wildman–Crippen LogP) is 3.72. The third-order valence-corrected chi connectivity index (χ3v) is 4.83. The first-order valence-electron chi connectivity index (χ1n) is 10.0. The molecule has 0 aliphatic heterocycles. The fourth-order valence-electron chi connectivity index (χ4n) is 3.03. The fourth-order valence-corrected chi connectivity index (χ4v) is 3.03. The Morgan fingerprint density at radius 2 is 2.00 bits per heavy atom. The van der Waals surface area contributed by atoms with E-state index in [0.29, 0.717) is 18.3 Å². The smallest absolute Gasteiger partial charge is 0.230 e. The van der Waals surface area contributed by atoms with E-state index in [1.807, 2.05) is 43.3 Å². The molecule has 0 bridgehead atoms. The quantitative estimate of drug-likeness (QED) is 0.301. The van der Waals surface area contributed by atoms with Crippen LogP contribution in [0.1, 0.15) is 24.5 Å². The molecule has 0 aliphatic rings. The van der Waals surface area contributed by atoms with Gasteiger partial charge in [0.25, 0.3) is 0 Å². The van der Waals surface area contributed by atoms with Gasteiger partial charge in [-0.1, -0.05) is 43.0 Å². The lowest BCUT2D eigenvalue weighted by Crippen LogP contribution is -2.28. The van der Waals surface area contributed by atoms with Crippen LogP contribution in [0.25, 0.3) is 11.4 Å². The van der Waals surface area contributed by atoms with Crippen LogP contribution in [-0.4, -0.2) is 32.6 Å². The zero-order chi connectivity index (χ0) is 21.3. The molecule has 3 rings (SSSR count). The summed E-state index contributed by atoms with van der Waals surface area (Å²) in [5.74, 6) is 1.25. The van der Waals surface area contributed by atoms with E-state index in [1.54, 1.807) is 0 Å². The molecule has 2 aromatic carbocycles. The van der Waals surface area contributed by atoms with Gasteiger partial charge < -0.3 is 21.5 Å². The van der Waals surface area contributed by atoms with E-state index in [1.165, 1.54) is 11.9 Å². The van der Waals surface area contributed by atoms with Gasteiger partial charge >= 0.3 is 0 Å². The molecule has 7 heteroatoms. The summed E-state index contributed by atoms with van der Waals surface area (Å²) in [4.78, 5) is 13.1. The Hall–Kier alpha value is -3.29. The van der Waals surface area contributed by atoms with Gasteiger partial charge in [0.05, 0.1) is 6.04 Å². The summed E-state index contributed by atoms with van der Waals surface area (Å²) in [6.45, 7) is 6.66. The SMILES string of the molecule is C=C(O)[C@@H](C)NCCCc1cccc(-c2ncnc(Nc3ccccc3CN)n2)c1. The van der Waals surface area contributed by atoms with Crippen LogP contribution >= 0.6 is 0 Å². The average molecular weight is 405 g/mol. The van der Waals surface area contributed by atoms with Crippen molar-refractivity contribution in [1.29, 1.82) is 0 Å². The molecule has 0 fully saturated rings. The summed E-state index contributed by atoms with van der Waals surface area (Å²) in [5, 5.41) is 15.8. The molecular formula is C23H28N6O. The number of aliphatic hydroxyl groups excluding tert-OH is 1. The summed E-state index contributed by atoms with van der Waals surface area (Å²) in [6, 6.07) is 15.9. The van der Waals surface area contributed by atoms with Crippen molar-refractivity contribution in [1.82, 2.24) is 20.3 Å². The van der Waals surface area contributed by atoms with Crippen LogP contribution in [0.5, 0.6) is 0 Å². The van der Waals surface area contributed by atoms with E-state index >= 15 is 0 Å². The van der Waals surface area contributed by atoms with Crippen molar-refractivity contribution in [3.8, 4) is 11.4 Å². The molecule has 0 saturated heterocycles. The maximum absolute atomic E-state index is 9.36. The van der Waals surface area contributed by atoms with Gasteiger partial charge in [-0.05, 0) is 49.6 Å². The third-order valence-electron chi connectivity index (χ3n) is 4.83. The largest absolute Gasteiger partial charge is 0.511 e. The molecule has 0 spiro atoms. The molecule has 0 unspecified atom stereocenters. The Bertz CT molecular complexity index is 991. The number of benzene rings is 2. The standard InChI is InChI=1S/C23H28N6O/c1-16(17(2)30)25-12-6-8-18-7-5-10-19(13-18)22-26-15-27-23(29-22)28-21-11-4-3-9-20(21)14-24/h3-5,7,9-11,13,15-16,25,30H,2,6,8,12,14,24H2,1H3,(H,26,27,28,29)/t16-/m1/s1. The number of hydrogen-bond acceptors (Lipinski definition) is 7. The van der Waals surface area contributed by atoms with Gasteiger partial charge in [0.2, 0.25) is 5.95 Å². The first-order valence-corrected chi connectivity index (χ1v) is 10.0. The molecule has 0 aliphatic carbocycles. The highest BCUT2D eigenvalue weighted by molar-refractivity contribution is 5.61. The number of rotatable bonds is 10. The molecule has 1 atom stereocenters. The topological polar surface area (TPSA) is 109 Å². The number of nitrogens with one attached hydrogen (secondary N) is 2. The molecule has 0 saturated carbocycles. The predicted molar refractivity (Wildman–Crippen MR) is 120 cm³/mol. The average Bonchev–Trinajstić information content (AvgIpc) is 2.77. The monoisotopic (exact) mass is 404 g/mol. The lowest BCUT2D eigenvalue weighted by atomic mass is 10.1. The van der Waals surface area contributed by atoms with E-state index in [2.05, 4.69) is 44.3 Å². The van der Waals surface area contributed by atoms with Gasteiger partial charge in [-0.3, -0.25) is 0 Å². The summed E-state index contributed by atoms with van der Waals surface area (Å²) < 4.78 is 0. The highest BCUT2D eigenvalue weighted by atomic mass is 16.3. The first kappa shape index (κ1) is 21.4. The molecule has 5 N–H and O–H groups in total. The van der Waals surface area contributed by atoms with Gasteiger partial charge in [0.1, 0.15) is 12.1 Å². The van der Waals surface area contributed by atoms with E-state index in [4.69, 9.17) is 5.73 Å². The van der Waals surface area contributed by atoms with Crippen molar-refractivity contribution in [2.24, 2.45) is 5.73 Å². The number of nitrogens with two attached hydrogens (primary N) is 1. The maximum atomic E-state index is 9.36. The molecular weight excluding hydrogens is 376 g/mol. The highest BCUT2D eigenvalue weighted by Crippen LogP contribution is 2.21. The van der Waals surface area contributed by atoms with Crippen molar-refractivity contribution in [2.75, 3.05) is 11.9 Å². The van der Waals surface area contributed by atoms with Gasteiger partial charge in [-0.15, -0.1) is 0 Å². The zero-order valence-electron chi connectivity index (χ0n) is 17.2. The minimum Gasteiger partial charge on any atom is -0.511 e. The van der Waals surface area contributed by atoms with Crippen LogP contribution < -0.4 is 16.4 Å². The molecule has 156 valence electrons. The van der Waals surface area contributed by atoms with Crippen LogP contribution in [0.4, 0.5) is 11.6 Å². The van der Waals surface area contributed by atoms with E-state index in [0.717, 1.165) is 36.2 Å². The van der Waals surface area contributed by atoms with E-state index in [-0.39, 0.29) is 11.8 Å². The molecule has 3 aromatic rings. The van der Waals surface area contributed by atoms with Crippen molar-refractivity contribution in [3.63, 3.8) is 0 Å². The van der Waals surface area contributed by atoms with Crippen LogP contribution in [0.3, 0.4) is 0 Å². The number of hydrogen-bond donors (Lipinski definition) is 4. The Labute approximate surface area is 177 Å². The van der Waals surface area contributed by atoms with Crippen LogP contribution in [0.15, 0.2) is 67.2 Å². The number of aryl methyl sites for hydroxylation is 1. The molecule has 0 radical (unpaired) electrons. The van der Waals surface area contributed by atoms with Crippen LogP contribution in [0, 0.1) is 0 Å². The first-order chi connectivity index (χ1) is 14.6. The summed E-state index contributed by atoms with van der Waals surface area (Å²) in [5.41, 5.74) is 9.83. The van der Waals surface area contributed by atoms with E-state index < -0.39 is 0 Å². The minimum atomic E-state index is -0.100. The number of anilines is 2. The van der Waals surface area contributed by atoms with Crippen molar-refractivity contribution in [2.45, 2.75) is 32.4 Å². The fraction of sp³-hybridized carbons (Fsp3) is 0.261. The van der Waals surface area contributed by atoms with Crippen molar-refractivity contribution >= 4 is 11.6 Å². The van der Waals surface area contributed by atoms with E-state index in [9.17, 15) is 5.11 Å². The minimum absolute atomic E-state index is 0.100. The summed E-state index contributed by atoms with van der Waals surface area (Å²) in [6.07, 6.45) is 3.36. The lowest BCUT2D eigenvalue weighted by molar-refractivity contribution is 0.351. The molecule has 1 heterocycles. The second kappa shape index (κ2) is 10.5. The van der Waals surface area contributed by atoms with Gasteiger partial charge in [-0.2, -0.15) is 4.98 Å². The van der Waals surface area contributed by atoms with Crippen LogP contribution in [-0.2, 0) is 13.0 Å². The maximum Gasteiger partial charge on any atom is 0.230 e. The Balaban J connectivity index is 1.67. The number of aromatic nitrogens is 3. The van der Waals surface area contributed by atoms with Gasteiger partial charge in [0, 0.05) is 17.8 Å². The third kappa shape index (κ3) is 5.85. The van der Waals surface area contributed by atoms with Crippen molar-refractivity contribution < 1.29 is 5.11 Å². The zero-order valence-corrected chi connectivity index (χ0v) is 17.2. The number of aliphatic hydroxyl groups is 1. The van der Waals surface area contributed by atoms with Gasteiger partial charge in [0.15, 0.2) is 5.82 Å². The summed E-state index contributed by atoms with van der Waals surface area (Å²) in [7, 11) is 0. The molecule has 0 amide bonds. The van der Waals surface area contributed by atoms with Gasteiger partial charge in [-0.25, -0.2) is 9.97 Å². The second-order valence-corrected chi connectivity index (χ2v) is 7.09. The normalized spacial score (nSPS) is 11.8. The molecule has 30 heavy (non-hydrogen) atoms. The number of para-hydroxylation sites is 1. The number of nitrogens with zero attached hydrogens (tertiary/aromatic N) is 3. The lowest BCUT2D eigenvalue weighted by Gasteiger charge is -2.12. The Kier molecular flexibility index (Phi) is 7.48. The molecule has 7 nitrogen and oxygen atoms in total. The second-order valence-electron chi connectivity index (χ2n) is 7.09. The van der Waals surface area contributed by atoms with Crippen LogP contribution in [0.2, 0.25) is 0 Å². The Morgan fingerprint density at radius 1 is 1.17 bits per heavy atom. The highest BCUT2D eigenvalue weighted by Gasteiger charge is 2.08. The molecule has 1 aromatic heterocycles. The summed E-state index contributed by atoms with van der Waals surface area (Å²) >= 11 is 0. The van der Waals surface area contributed by atoms with Crippen molar-refractivity contribution in [3.05, 3.63) is 78.3 Å². The Morgan fingerprint density at radius 3 is 2.80 bits per heavy atom.